The van der Waals surface area contributed by atoms with Gasteiger partial charge in [0.25, 0.3) is 0 Å². The van der Waals surface area contributed by atoms with Crippen LogP contribution in [-0.4, -0.2) is 44.9 Å². The van der Waals surface area contributed by atoms with Crippen molar-refractivity contribution in [1.29, 1.82) is 0 Å². The van der Waals surface area contributed by atoms with E-state index < -0.39 is 0 Å². The zero-order valence-corrected chi connectivity index (χ0v) is 16.0. The van der Waals surface area contributed by atoms with Gasteiger partial charge in [-0.25, -0.2) is 0 Å². The number of hydrogen-bond acceptors (Lipinski definition) is 2. The predicted octanol–water partition coefficient (Wildman–Crippen LogP) is 4.56. The van der Waals surface area contributed by atoms with Gasteiger partial charge >= 0.3 is 0 Å². The van der Waals surface area contributed by atoms with Gasteiger partial charge in [0.05, 0.1) is 27.3 Å². The van der Waals surface area contributed by atoms with E-state index in [1.165, 1.54) is 5.56 Å². The second kappa shape index (κ2) is 9.59. The van der Waals surface area contributed by atoms with Gasteiger partial charge in [-0.15, -0.1) is 0 Å². The molecule has 2 aromatic rings. The summed E-state index contributed by atoms with van der Waals surface area (Å²) in [6, 6.07) is 21.1. The van der Waals surface area contributed by atoms with Crippen LogP contribution in [0, 0.1) is 5.92 Å². The van der Waals surface area contributed by atoms with Gasteiger partial charge in [0, 0.05) is 11.5 Å². The normalized spacial score (nSPS) is 13.0. The lowest BCUT2D eigenvalue weighted by atomic mass is 9.93. The number of ether oxygens (including phenoxy) is 2. The molecule has 0 fully saturated rings. The van der Waals surface area contributed by atoms with Gasteiger partial charge in [-0.05, 0) is 12.1 Å². The molecule has 3 heteroatoms. The minimum Gasteiger partial charge on any atom is -0.491 e. The zero-order chi connectivity index (χ0) is 18.1. The summed E-state index contributed by atoms with van der Waals surface area (Å²) in [5.41, 5.74) is 1.40. The lowest BCUT2D eigenvalue weighted by Crippen LogP contribution is -2.47. The molecule has 0 amide bonds. The van der Waals surface area contributed by atoms with Crippen LogP contribution in [-0.2, 0) is 4.74 Å². The molecule has 25 heavy (non-hydrogen) atoms. The summed E-state index contributed by atoms with van der Waals surface area (Å²) in [5, 5.41) is 0. The van der Waals surface area contributed by atoms with E-state index in [2.05, 4.69) is 58.3 Å². The molecule has 0 aliphatic rings. The first-order chi connectivity index (χ1) is 12.0. The van der Waals surface area contributed by atoms with Gasteiger partial charge in [0.15, 0.2) is 0 Å². The van der Waals surface area contributed by atoms with Crippen molar-refractivity contribution in [2.24, 2.45) is 5.92 Å². The Hall–Kier alpha value is -1.84. The summed E-state index contributed by atoms with van der Waals surface area (Å²) in [7, 11) is 4.59. The second-order valence-corrected chi connectivity index (χ2v) is 7.38. The Morgan fingerprint density at radius 2 is 1.40 bits per heavy atom. The molecule has 1 unspecified atom stereocenters. The number of benzene rings is 2. The topological polar surface area (TPSA) is 18.5 Å². The zero-order valence-electron chi connectivity index (χ0n) is 16.0. The van der Waals surface area contributed by atoms with Crippen molar-refractivity contribution < 1.29 is 14.0 Å². The van der Waals surface area contributed by atoms with Crippen molar-refractivity contribution in [3.05, 3.63) is 66.2 Å². The van der Waals surface area contributed by atoms with Crippen molar-refractivity contribution in [1.82, 2.24) is 0 Å². The highest BCUT2D eigenvalue weighted by molar-refractivity contribution is 5.20. The third-order valence-corrected chi connectivity index (χ3v) is 4.58. The van der Waals surface area contributed by atoms with E-state index in [4.69, 9.17) is 9.47 Å². The third kappa shape index (κ3) is 6.18. The molecule has 0 N–H and O–H groups in total. The minimum absolute atomic E-state index is 0.463. The molecule has 2 aromatic carbocycles. The van der Waals surface area contributed by atoms with E-state index in [0.29, 0.717) is 25.2 Å². The molecule has 0 spiro atoms. The van der Waals surface area contributed by atoms with Gasteiger partial charge in [0.2, 0.25) is 0 Å². The molecular weight excluding hydrogens is 310 g/mol. The lowest BCUT2D eigenvalue weighted by molar-refractivity contribution is -0.925. The van der Waals surface area contributed by atoms with Crippen molar-refractivity contribution in [2.45, 2.75) is 19.9 Å². The van der Waals surface area contributed by atoms with Crippen LogP contribution in [0.5, 0.6) is 5.75 Å². The smallest absolute Gasteiger partial charge is 0.119 e. The fourth-order valence-corrected chi connectivity index (χ4v) is 3.52. The standard InChI is InChI=1S/C22H32NO2/c1-19(2)22(20-11-7-5-8-12-20)23(3,4)15-16-24-17-18-25-21-13-9-6-10-14-21/h5-14,19,22H,15-18H2,1-4H3/q+1. The van der Waals surface area contributed by atoms with Gasteiger partial charge in [-0.2, -0.15) is 0 Å². The van der Waals surface area contributed by atoms with Gasteiger partial charge in [-0.1, -0.05) is 62.4 Å². The first-order valence-corrected chi connectivity index (χ1v) is 9.14. The highest BCUT2D eigenvalue weighted by atomic mass is 16.5. The number of hydrogen-bond donors (Lipinski definition) is 0. The first-order valence-electron chi connectivity index (χ1n) is 9.14. The van der Waals surface area contributed by atoms with E-state index in [1.54, 1.807) is 0 Å². The average Bonchev–Trinajstić information content (AvgIpc) is 2.59. The Morgan fingerprint density at radius 3 is 2.00 bits per heavy atom. The summed E-state index contributed by atoms with van der Waals surface area (Å²) in [4.78, 5) is 0. The molecule has 1 atom stereocenters. The quantitative estimate of drug-likeness (QED) is 0.466. The molecular formula is C22H32NO2+. The van der Waals surface area contributed by atoms with Crippen LogP contribution >= 0.6 is 0 Å². The van der Waals surface area contributed by atoms with Crippen molar-refractivity contribution in [3.8, 4) is 5.75 Å². The van der Waals surface area contributed by atoms with E-state index in [1.807, 2.05) is 30.3 Å². The number of likely N-dealkylation sites (N-methyl/N-ethyl adjacent to an activating group) is 1. The molecule has 0 heterocycles. The van der Waals surface area contributed by atoms with Crippen LogP contribution in [0.15, 0.2) is 60.7 Å². The van der Waals surface area contributed by atoms with Crippen molar-refractivity contribution >= 4 is 0 Å². The Kier molecular flexibility index (Phi) is 7.48. The van der Waals surface area contributed by atoms with Crippen LogP contribution in [0.3, 0.4) is 0 Å². The molecule has 136 valence electrons. The van der Waals surface area contributed by atoms with Crippen LogP contribution in [0.4, 0.5) is 0 Å². The maximum atomic E-state index is 5.82. The molecule has 0 aromatic heterocycles. The highest BCUT2D eigenvalue weighted by Crippen LogP contribution is 2.31. The maximum Gasteiger partial charge on any atom is 0.119 e. The fraction of sp³-hybridized carbons (Fsp3) is 0.455. The summed E-state index contributed by atoms with van der Waals surface area (Å²) in [6.07, 6.45) is 0. The molecule has 3 nitrogen and oxygen atoms in total. The predicted molar refractivity (Wildman–Crippen MR) is 104 cm³/mol. The average molecular weight is 343 g/mol. The van der Waals surface area contributed by atoms with Crippen molar-refractivity contribution in [2.75, 3.05) is 40.5 Å². The van der Waals surface area contributed by atoms with E-state index >= 15 is 0 Å². The van der Waals surface area contributed by atoms with Crippen LogP contribution in [0.1, 0.15) is 25.5 Å². The number of para-hydroxylation sites is 1. The molecule has 0 aliphatic carbocycles. The molecule has 0 saturated carbocycles. The minimum atomic E-state index is 0.463. The fourth-order valence-electron chi connectivity index (χ4n) is 3.52. The molecule has 0 radical (unpaired) electrons. The Bertz CT molecular complexity index is 596. The monoisotopic (exact) mass is 342 g/mol. The summed E-state index contributed by atoms with van der Waals surface area (Å²) in [5.74, 6) is 1.46. The number of quaternary nitrogens is 1. The highest BCUT2D eigenvalue weighted by Gasteiger charge is 2.32. The van der Waals surface area contributed by atoms with Gasteiger partial charge in [0.1, 0.15) is 24.9 Å². The van der Waals surface area contributed by atoms with Crippen LogP contribution in [0.2, 0.25) is 0 Å². The van der Waals surface area contributed by atoms with Gasteiger partial charge < -0.3 is 14.0 Å². The van der Waals surface area contributed by atoms with E-state index in [9.17, 15) is 0 Å². The summed E-state index contributed by atoms with van der Waals surface area (Å²) in [6.45, 7) is 7.51. The van der Waals surface area contributed by atoms with Crippen LogP contribution < -0.4 is 4.74 Å². The number of rotatable bonds is 10. The van der Waals surface area contributed by atoms with Crippen LogP contribution in [0.25, 0.3) is 0 Å². The SMILES string of the molecule is CC(C)C(c1ccccc1)[N+](C)(C)CCOCCOc1ccccc1. The van der Waals surface area contributed by atoms with E-state index in [-0.39, 0.29) is 0 Å². The Balaban J connectivity index is 1.77. The molecule has 2 rings (SSSR count). The number of nitrogens with zero attached hydrogens (tertiary/aromatic N) is 1. The summed E-state index contributed by atoms with van der Waals surface area (Å²) < 4.78 is 12.4. The Labute approximate surface area is 152 Å². The second-order valence-electron chi connectivity index (χ2n) is 7.38. The van der Waals surface area contributed by atoms with E-state index in [0.717, 1.165) is 23.4 Å². The first kappa shape index (κ1) is 19.5. The lowest BCUT2D eigenvalue weighted by Gasteiger charge is -2.40. The van der Waals surface area contributed by atoms with Crippen molar-refractivity contribution in [3.63, 3.8) is 0 Å². The molecule has 0 saturated heterocycles. The van der Waals surface area contributed by atoms with Gasteiger partial charge in [-0.3, -0.25) is 0 Å². The summed E-state index contributed by atoms with van der Waals surface area (Å²) >= 11 is 0. The Morgan fingerprint density at radius 1 is 0.800 bits per heavy atom. The molecule has 0 bridgehead atoms. The molecule has 0 aliphatic heterocycles. The maximum absolute atomic E-state index is 5.82. The third-order valence-electron chi connectivity index (χ3n) is 4.58. The largest absolute Gasteiger partial charge is 0.491 e.